The van der Waals surface area contributed by atoms with Crippen LogP contribution in [0.5, 0.6) is 0 Å². The Kier molecular flexibility index (Phi) is 10.6. The van der Waals surface area contributed by atoms with Gasteiger partial charge < -0.3 is 4.90 Å². The number of fused-ring (bicyclic) bond motifs is 9. The molecule has 2 heterocycles. The summed E-state index contributed by atoms with van der Waals surface area (Å²) >= 11 is 3.74. The molecule has 0 amide bonds. The summed E-state index contributed by atoms with van der Waals surface area (Å²) in [4.78, 5) is 2.43. The first-order valence-electron chi connectivity index (χ1n) is 26.0. The molecule has 0 radical (unpaired) electrons. The molecular formula is C73H47NS2. The van der Waals surface area contributed by atoms with Gasteiger partial charge in [-0.1, -0.05) is 212 Å². The molecule has 1 aliphatic rings. The van der Waals surface area contributed by atoms with Crippen molar-refractivity contribution in [2.45, 2.75) is 5.41 Å². The molecule has 0 bridgehead atoms. The van der Waals surface area contributed by atoms with Crippen LogP contribution in [0.4, 0.5) is 17.1 Å². The van der Waals surface area contributed by atoms with Gasteiger partial charge in [0.2, 0.25) is 0 Å². The highest BCUT2D eigenvalue weighted by atomic mass is 32.1. The van der Waals surface area contributed by atoms with E-state index < -0.39 is 5.41 Å². The fourth-order valence-electron chi connectivity index (χ4n) is 12.3. The van der Waals surface area contributed by atoms with E-state index in [1.165, 1.54) is 118 Å². The molecule has 1 aliphatic carbocycles. The van der Waals surface area contributed by atoms with Crippen molar-refractivity contribution in [3.05, 3.63) is 307 Å². The summed E-state index contributed by atoms with van der Waals surface area (Å²) in [5, 5.41) is 5.27. The normalized spacial score (nSPS) is 12.6. The average Bonchev–Trinajstić information content (AvgIpc) is 4.22. The number of hydrogen-bond acceptors (Lipinski definition) is 3. The minimum Gasteiger partial charge on any atom is -0.310 e. The first kappa shape index (κ1) is 44.4. The summed E-state index contributed by atoms with van der Waals surface area (Å²) in [6.45, 7) is 0. The molecular weight excluding hydrogens is 955 g/mol. The summed E-state index contributed by atoms with van der Waals surface area (Å²) < 4.78 is 5.30. The van der Waals surface area contributed by atoms with Crippen LogP contribution >= 0.6 is 22.7 Å². The van der Waals surface area contributed by atoms with Gasteiger partial charge in [-0.25, -0.2) is 0 Å². The molecule has 2 aromatic heterocycles. The maximum absolute atomic E-state index is 2.43. The number of nitrogens with zero attached hydrogens (tertiary/aromatic N) is 1. The summed E-state index contributed by atoms with van der Waals surface area (Å²) in [7, 11) is 0. The molecule has 356 valence electrons. The van der Waals surface area contributed by atoms with Crippen molar-refractivity contribution in [3.8, 4) is 55.6 Å². The third-order valence-electron chi connectivity index (χ3n) is 15.8. The summed E-state index contributed by atoms with van der Waals surface area (Å²) in [5.41, 5.74) is 20.1. The van der Waals surface area contributed by atoms with Gasteiger partial charge in [0.15, 0.2) is 0 Å². The average molecular weight is 1000 g/mol. The van der Waals surface area contributed by atoms with Gasteiger partial charge in [-0.2, -0.15) is 0 Å². The monoisotopic (exact) mass is 1000 g/mol. The Morgan fingerprint density at radius 3 is 1.39 bits per heavy atom. The quantitative estimate of drug-likeness (QED) is 0.139. The summed E-state index contributed by atoms with van der Waals surface area (Å²) in [5.74, 6) is 0. The smallest absolute Gasteiger partial charge is 0.0713 e. The lowest BCUT2D eigenvalue weighted by Crippen LogP contribution is -2.28. The van der Waals surface area contributed by atoms with Crippen molar-refractivity contribution < 1.29 is 0 Å². The van der Waals surface area contributed by atoms with Crippen LogP contribution in [0, 0.1) is 0 Å². The van der Waals surface area contributed by atoms with Crippen molar-refractivity contribution in [1.29, 1.82) is 0 Å². The highest BCUT2D eigenvalue weighted by molar-refractivity contribution is 7.26. The number of thiophene rings is 2. The molecule has 15 rings (SSSR count). The zero-order valence-corrected chi connectivity index (χ0v) is 43.0. The van der Waals surface area contributed by atoms with Crippen molar-refractivity contribution in [3.63, 3.8) is 0 Å². The lowest BCUT2D eigenvalue weighted by molar-refractivity contribution is 0.768. The van der Waals surface area contributed by atoms with Crippen molar-refractivity contribution >= 4 is 80.1 Å². The third-order valence-corrected chi connectivity index (χ3v) is 18.1. The summed E-state index contributed by atoms with van der Waals surface area (Å²) in [6.07, 6.45) is 0. The van der Waals surface area contributed by atoms with Crippen LogP contribution in [0.1, 0.15) is 22.3 Å². The predicted molar refractivity (Wildman–Crippen MR) is 326 cm³/mol. The van der Waals surface area contributed by atoms with Crippen LogP contribution in [-0.2, 0) is 5.41 Å². The molecule has 0 unspecified atom stereocenters. The molecule has 14 aromatic rings. The van der Waals surface area contributed by atoms with Gasteiger partial charge in [0.1, 0.15) is 0 Å². The minimum absolute atomic E-state index is 0.476. The molecule has 12 aromatic carbocycles. The number of hydrogen-bond donors (Lipinski definition) is 0. The van der Waals surface area contributed by atoms with Crippen LogP contribution in [0.25, 0.3) is 96.0 Å². The van der Waals surface area contributed by atoms with E-state index >= 15 is 0 Å². The molecule has 0 spiro atoms. The summed E-state index contributed by atoms with van der Waals surface area (Å²) in [6, 6.07) is 106. The van der Waals surface area contributed by atoms with E-state index in [9.17, 15) is 0 Å². The molecule has 0 saturated heterocycles. The van der Waals surface area contributed by atoms with Crippen LogP contribution in [0.2, 0.25) is 0 Å². The minimum atomic E-state index is -0.476. The largest absolute Gasteiger partial charge is 0.310 e. The Labute approximate surface area is 450 Å². The maximum Gasteiger partial charge on any atom is 0.0713 e. The van der Waals surface area contributed by atoms with Crippen molar-refractivity contribution in [2.75, 3.05) is 4.90 Å². The predicted octanol–water partition coefficient (Wildman–Crippen LogP) is 20.9. The van der Waals surface area contributed by atoms with E-state index in [0.717, 1.165) is 17.1 Å². The zero-order chi connectivity index (χ0) is 50.2. The molecule has 0 fully saturated rings. The Balaban J connectivity index is 0.837. The molecule has 76 heavy (non-hydrogen) atoms. The van der Waals surface area contributed by atoms with Crippen LogP contribution in [0.3, 0.4) is 0 Å². The van der Waals surface area contributed by atoms with Gasteiger partial charge in [0, 0.05) is 57.4 Å². The zero-order valence-electron chi connectivity index (χ0n) is 41.4. The van der Waals surface area contributed by atoms with Gasteiger partial charge in [0.25, 0.3) is 0 Å². The molecule has 0 atom stereocenters. The van der Waals surface area contributed by atoms with Crippen molar-refractivity contribution in [1.82, 2.24) is 0 Å². The SMILES string of the molecule is c1ccc(C2(c3ccccc3)c3ccccc3-c3cc(N(c4ccc(-c5cccc(-c6ccc7sc8ccccc8c7c6)c5)cc4)c4ccc(-c5cccc(-c6cccc7c6sc6ccccc67)c5)cc4)ccc32)cc1. The molecule has 0 N–H and O–H groups in total. The van der Waals surface area contributed by atoms with Gasteiger partial charge >= 0.3 is 0 Å². The third kappa shape index (κ3) is 7.19. The molecule has 0 aliphatic heterocycles. The van der Waals surface area contributed by atoms with Gasteiger partial charge in [-0.15, -0.1) is 22.7 Å². The standard InChI is InChI=1S/C73H47NS2/c1-3-20-55(21-4-1)73(56-22-5-2-6-23-56)67-29-10-7-24-61(67)65-47-59(41-42-68(65)73)74(57-37-32-48(33-38-57)50-16-13-18-52(44-50)53-36-43-71-66(46-53)63-26-9-11-30-69(63)75-71)58-39-34-49(35-40-58)51-17-14-19-54(45-51)60-27-15-28-64-62-25-8-12-31-70(62)76-72(60)64/h1-47H. The Bertz CT molecular complexity index is 4470. The van der Waals surface area contributed by atoms with E-state index in [1.807, 2.05) is 22.7 Å². The van der Waals surface area contributed by atoms with E-state index in [4.69, 9.17) is 0 Å². The second-order valence-corrected chi connectivity index (χ2v) is 22.1. The topological polar surface area (TPSA) is 3.24 Å². The van der Waals surface area contributed by atoms with E-state index in [0.29, 0.717) is 0 Å². The van der Waals surface area contributed by atoms with Crippen LogP contribution < -0.4 is 4.90 Å². The van der Waals surface area contributed by atoms with E-state index in [-0.39, 0.29) is 0 Å². The van der Waals surface area contributed by atoms with Crippen LogP contribution in [-0.4, -0.2) is 0 Å². The highest BCUT2D eigenvalue weighted by Gasteiger charge is 2.46. The second-order valence-electron chi connectivity index (χ2n) is 19.9. The second kappa shape index (κ2) is 18.1. The van der Waals surface area contributed by atoms with Crippen LogP contribution in [0.15, 0.2) is 285 Å². The van der Waals surface area contributed by atoms with E-state index in [2.05, 4.69) is 290 Å². The maximum atomic E-state index is 2.43. The number of benzene rings is 12. The number of rotatable bonds is 9. The Morgan fingerprint density at radius 2 is 0.711 bits per heavy atom. The van der Waals surface area contributed by atoms with E-state index in [1.54, 1.807) is 0 Å². The van der Waals surface area contributed by atoms with Crippen molar-refractivity contribution in [2.24, 2.45) is 0 Å². The molecule has 0 saturated carbocycles. The lowest BCUT2D eigenvalue weighted by atomic mass is 9.68. The first-order valence-corrected chi connectivity index (χ1v) is 27.7. The Morgan fingerprint density at radius 1 is 0.250 bits per heavy atom. The number of anilines is 3. The highest BCUT2D eigenvalue weighted by Crippen LogP contribution is 2.57. The van der Waals surface area contributed by atoms with Gasteiger partial charge in [0.05, 0.1) is 5.41 Å². The fraction of sp³-hybridized carbons (Fsp3) is 0.0137. The van der Waals surface area contributed by atoms with Gasteiger partial charge in [-0.3, -0.25) is 0 Å². The molecule has 3 heteroatoms. The molecule has 1 nitrogen and oxygen atoms in total. The fourth-order valence-corrected chi connectivity index (χ4v) is 14.6. The Hall–Kier alpha value is -9.12. The van der Waals surface area contributed by atoms with Gasteiger partial charge in [-0.05, 0) is 151 Å². The first-order chi connectivity index (χ1) is 37.7. The lowest BCUT2D eigenvalue weighted by Gasteiger charge is -2.34.